The molecule has 174 valence electrons. The third-order valence-corrected chi connectivity index (χ3v) is 7.01. The normalized spacial score (nSPS) is 15.3. The Morgan fingerprint density at radius 3 is 2.06 bits per heavy atom. The fourth-order valence-electron chi connectivity index (χ4n) is 3.30. The Labute approximate surface area is 186 Å². The molecule has 0 fully saturated rings. The van der Waals surface area contributed by atoms with Crippen LogP contribution in [-0.4, -0.2) is 42.3 Å². The molecular weight excluding hydrogens is 486 g/mol. The van der Waals surface area contributed by atoms with Gasteiger partial charge in [0.2, 0.25) is 0 Å². The molecule has 2 aromatic carbocycles. The average Bonchev–Trinajstić information content (AvgIpc) is 2.69. The summed E-state index contributed by atoms with van der Waals surface area (Å²) in [5.41, 5.74) is 2.09. The van der Waals surface area contributed by atoms with Gasteiger partial charge in [-0.3, -0.25) is 13.8 Å². The second-order valence-corrected chi connectivity index (χ2v) is 10.4. The van der Waals surface area contributed by atoms with Crippen LogP contribution in [0.15, 0.2) is 44.3 Å². The van der Waals surface area contributed by atoms with Crippen LogP contribution in [0.5, 0.6) is 11.5 Å². The van der Waals surface area contributed by atoms with E-state index >= 15 is 0 Å². The van der Waals surface area contributed by atoms with Crippen molar-refractivity contribution in [3.8, 4) is 11.5 Å². The lowest BCUT2D eigenvalue weighted by Gasteiger charge is -2.22. The van der Waals surface area contributed by atoms with Gasteiger partial charge >= 0.3 is 11.3 Å². The van der Waals surface area contributed by atoms with Crippen molar-refractivity contribution in [2.75, 3.05) is 11.8 Å². The molecule has 4 N–H and O–H groups in total. The Bertz CT molecular complexity index is 1270. The third kappa shape index (κ3) is 5.42. The van der Waals surface area contributed by atoms with Crippen molar-refractivity contribution >= 4 is 42.9 Å². The largest absolute Gasteiger partial charge is 0.506 e. The summed E-state index contributed by atoms with van der Waals surface area (Å²) in [6, 6.07) is 3.29. The van der Waals surface area contributed by atoms with Gasteiger partial charge in [-0.15, -0.1) is 0 Å². The second kappa shape index (κ2) is 9.11. The van der Waals surface area contributed by atoms with Crippen LogP contribution in [0.25, 0.3) is 0 Å². The summed E-state index contributed by atoms with van der Waals surface area (Å²) in [7, 11) is -8.25. The molecule has 0 amide bonds. The van der Waals surface area contributed by atoms with Crippen LogP contribution in [-0.2, 0) is 44.3 Å². The minimum Gasteiger partial charge on any atom is -0.506 e. The zero-order chi connectivity index (χ0) is 23.7. The monoisotopic (exact) mass is 505 g/mol. The summed E-state index contributed by atoms with van der Waals surface area (Å²) in [5, 5.41) is 18.0. The first-order chi connectivity index (χ1) is 14.9. The number of benzene rings is 2. The maximum absolute atomic E-state index is 12.5. The molecule has 1 unspecified atom stereocenters. The smallest absolute Gasteiger partial charge is 0.316 e. The van der Waals surface area contributed by atoms with E-state index in [1.807, 2.05) is 0 Å². The van der Waals surface area contributed by atoms with Crippen molar-refractivity contribution in [2.24, 2.45) is 10.2 Å². The maximum atomic E-state index is 12.5. The number of anilines is 1. The van der Waals surface area contributed by atoms with Crippen molar-refractivity contribution < 1.29 is 39.4 Å². The summed E-state index contributed by atoms with van der Waals surface area (Å²) < 4.78 is 84.2. The lowest BCUT2D eigenvalue weighted by Crippen LogP contribution is -2.15. The highest BCUT2D eigenvalue weighted by Crippen LogP contribution is 2.42. The van der Waals surface area contributed by atoms with Crippen LogP contribution in [0.4, 0.5) is 11.4 Å². The molecule has 1 aliphatic carbocycles. The van der Waals surface area contributed by atoms with Gasteiger partial charge in [0.15, 0.2) is 0 Å². The van der Waals surface area contributed by atoms with E-state index in [-0.39, 0.29) is 11.4 Å². The standard InChI is InChI=1S/C17H19N3O9S3/c1-18-19-17-14-5-3-2-4-13(14)15(9-16(17)21)20-30(22)29-10-6-11(31(23,24)25)8-12(7-10)32(26,27)28/h6-9,20-21H,2-5H2,1H3,(H,23,24,25)(H,26,27,28). The number of phenols is 1. The van der Waals surface area contributed by atoms with E-state index in [0.29, 0.717) is 24.6 Å². The molecule has 3 rings (SSSR count). The Hall–Kier alpha value is -2.59. The van der Waals surface area contributed by atoms with Crippen LogP contribution in [0.1, 0.15) is 24.0 Å². The lowest BCUT2D eigenvalue weighted by molar-refractivity contribution is 0.474. The molecule has 12 nitrogen and oxygen atoms in total. The molecule has 0 heterocycles. The van der Waals surface area contributed by atoms with E-state index in [1.54, 1.807) is 0 Å². The van der Waals surface area contributed by atoms with E-state index < -0.39 is 47.0 Å². The number of hydrogen-bond acceptors (Lipinski definition) is 9. The van der Waals surface area contributed by atoms with Gasteiger partial charge in [0.05, 0.1) is 15.5 Å². The molecule has 1 atom stereocenters. The Kier molecular flexibility index (Phi) is 6.85. The Morgan fingerprint density at radius 2 is 1.53 bits per heavy atom. The van der Waals surface area contributed by atoms with E-state index in [2.05, 4.69) is 15.0 Å². The van der Waals surface area contributed by atoms with Gasteiger partial charge in [-0.05, 0) is 42.9 Å². The highest BCUT2D eigenvalue weighted by Gasteiger charge is 2.23. The van der Waals surface area contributed by atoms with Crippen LogP contribution < -0.4 is 8.91 Å². The van der Waals surface area contributed by atoms with Gasteiger partial charge < -0.3 is 9.29 Å². The second-order valence-electron chi connectivity index (χ2n) is 6.77. The number of aromatic hydroxyl groups is 1. The van der Waals surface area contributed by atoms with Crippen LogP contribution in [0.3, 0.4) is 0 Å². The summed E-state index contributed by atoms with van der Waals surface area (Å²) in [6.07, 6.45) is 2.93. The zero-order valence-corrected chi connectivity index (χ0v) is 19.0. The third-order valence-electron chi connectivity index (χ3n) is 4.62. The molecule has 0 saturated heterocycles. The van der Waals surface area contributed by atoms with E-state index in [9.17, 15) is 35.3 Å². The van der Waals surface area contributed by atoms with Crippen molar-refractivity contribution in [3.63, 3.8) is 0 Å². The highest BCUT2D eigenvalue weighted by atomic mass is 32.2. The molecule has 0 saturated carbocycles. The van der Waals surface area contributed by atoms with Crippen LogP contribution >= 0.6 is 0 Å². The lowest BCUT2D eigenvalue weighted by atomic mass is 9.89. The highest BCUT2D eigenvalue weighted by molar-refractivity contribution is 7.86. The van der Waals surface area contributed by atoms with E-state index in [0.717, 1.165) is 36.1 Å². The molecule has 0 aliphatic heterocycles. The SMILES string of the molecule is CN=Nc1c(O)cc(NS(=O)Oc2cc(S(=O)(=O)O)cc(S(=O)(=O)O)c2)c2c1CCCC2. The van der Waals surface area contributed by atoms with Crippen molar-refractivity contribution in [3.05, 3.63) is 35.4 Å². The van der Waals surface area contributed by atoms with Gasteiger partial charge in [-0.1, -0.05) is 0 Å². The zero-order valence-electron chi connectivity index (χ0n) is 16.5. The van der Waals surface area contributed by atoms with Gasteiger partial charge in [0, 0.05) is 25.2 Å². The molecular formula is C17H19N3O9S3. The Balaban J connectivity index is 1.95. The molecule has 2 aromatic rings. The molecule has 1 aliphatic rings. The van der Waals surface area contributed by atoms with Crippen LogP contribution in [0, 0.1) is 0 Å². The fraction of sp³-hybridized carbons (Fsp3) is 0.294. The summed E-state index contributed by atoms with van der Waals surface area (Å²) in [6.45, 7) is 0. The quantitative estimate of drug-likeness (QED) is 0.323. The van der Waals surface area contributed by atoms with Crippen LogP contribution in [0.2, 0.25) is 0 Å². The first-order valence-electron chi connectivity index (χ1n) is 9.04. The van der Waals surface area contributed by atoms with Crippen molar-refractivity contribution in [2.45, 2.75) is 35.5 Å². The average molecular weight is 506 g/mol. The van der Waals surface area contributed by atoms with Gasteiger partial charge in [-0.2, -0.15) is 31.3 Å². The summed E-state index contributed by atoms with van der Waals surface area (Å²) in [5.74, 6) is -0.717. The number of nitrogens with zero attached hydrogens (tertiary/aromatic N) is 2. The molecule has 0 spiro atoms. The number of phenolic OH excluding ortho intramolecular Hbond substituents is 1. The van der Waals surface area contributed by atoms with Gasteiger partial charge in [0.1, 0.15) is 17.2 Å². The summed E-state index contributed by atoms with van der Waals surface area (Å²) in [4.78, 5) is -1.77. The summed E-state index contributed by atoms with van der Waals surface area (Å²) >= 11 is -2.38. The number of azo groups is 1. The topological polar surface area (TPSA) is 192 Å². The van der Waals surface area contributed by atoms with E-state index in [1.165, 1.54) is 13.1 Å². The molecule has 0 bridgehead atoms. The first-order valence-corrected chi connectivity index (χ1v) is 13.0. The molecule has 15 heteroatoms. The molecule has 0 radical (unpaired) electrons. The van der Waals surface area contributed by atoms with Gasteiger partial charge in [-0.25, -0.2) is 0 Å². The predicted molar refractivity (Wildman–Crippen MR) is 114 cm³/mol. The number of hydrogen-bond donors (Lipinski definition) is 4. The Morgan fingerprint density at radius 1 is 0.969 bits per heavy atom. The minimum absolute atomic E-state index is 0.196. The number of fused-ring (bicyclic) bond motifs is 1. The number of nitrogens with one attached hydrogen (secondary N) is 1. The van der Waals surface area contributed by atoms with Crippen molar-refractivity contribution in [1.82, 2.24) is 0 Å². The molecule has 32 heavy (non-hydrogen) atoms. The maximum Gasteiger partial charge on any atom is 0.316 e. The predicted octanol–water partition coefficient (Wildman–Crippen LogP) is 2.55. The van der Waals surface area contributed by atoms with E-state index in [4.69, 9.17) is 4.18 Å². The fourth-order valence-corrected chi connectivity index (χ4v) is 5.13. The number of rotatable bonds is 7. The van der Waals surface area contributed by atoms with Crippen molar-refractivity contribution in [1.29, 1.82) is 0 Å². The first kappa shape index (κ1) is 24.1. The molecule has 0 aromatic heterocycles. The van der Waals surface area contributed by atoms with Gasteiger partial charge in [0.25, 0.3) is 20.2 Å². The minimum atomic E-state index is -4.86.